The Kier molecular flexibility index (Phi) is 4.71. The molecule has 1 saturated heterocycles. The van der Waals surface area contributed by atoms with Crippen molar-refractivity contribution >= 4 is 0 Å². The Hall–Kier alpha value is -1.41. The second kappa shape index (κ2) is 6.50. The summed E-state index contributed by atoms with van der Waals surface area (Å²) in [5.74, 6) is 5.06. The van der Waals surface area contributed by atoms with Gasteiger partial charge in [-0.3, -0.25) is 4.90 Å². The number of ether oxygens (including phenoxy) is 1. The van der Waals surface area contributed by atoms with Crippen LogP contribution in [0.5, 0.6) is 0 Å². The van der Waals surface area contributed by atoms with Crippen LogP contribution < -0.4 is 0 Å². The largest absolute Gasteiger partial charge is 0.384 e. The van der Waals surface area contributed by atoms with Crippen LogP contribution in [0.4, 0.5) is 4.39 Å². The second-order valence-corrected chi connectivity index (χ2v) is 4.15. The number of nitrogens with zero attached hydrogens (tertiary/aromatic N) is 1. The van der Waals surface area contributed by atoms with Crippen LogP contribution in [0.3, 0.4) is 0 Å². The molecular weight excluding hydrogens is 233 g/mol. The van der Waals surface area contributed by atoms with E-state index in [1.54, 1.807) is 6.07 Å². The van der Waals surface area contributed by atoms with Crippen LogP contribution in [0, 0.1) is 17.7 Å². The molecule has 1 fully saturated rings. The molecule has 2 rings (SSSR count). The predicted molar refractivity (Wildman–Crippen MR) is 66.5 cm³/mol. The van der Waals surface area contributed by atoms with Gasteiger partial charge in [0.2, 0.25) is 0 Å². The van der Waals surface area contributed by atoms with Gasteiger partial charge in [0.15, 0.2) is 0 Å². The second-order valence-electron chi connectivity index (χ2n) is 4.15. The molecule has 0 unspecified atom stereocenters. The van der Waals surface area contributed by atoms with Crippen molar-refractivity contribution in [2.45, 2.75) is 6.54 Å². The standard InChI is InChI=1S/C14H16FNO2/c15-14-4-3-13(12(10-14)2-1-7-17)11-16-5-8-18-9-6-16/h3-4,10,17H,5-9,11H2. The molecule has 0 radical (unpaired) electrons. The van der Waals surface area contributed by atoms with Gasteiger partial charge in [-0.2, -0.15) is 0 Å². The van der Waals surface area contributed by atoms with E-state index in [-0.39, 0.29) is 12.4 Å². The maximum Gasteiger partial charge on any atom is 0.124 e. The summed E-state index contributed by atoms with van der Waals surface area (Å²) in [5.41, 5.74) is 1.63. The van der Waals surface area contributed by atoms with Gasteiger partial charge < -0.3 is 9.84 Å². The summed E-state index contributed by atoms with van der Waals surface area (Å²) in [6.45, 7) is 3.75. The van der Waals surface area contributed by atoms with Crippen LogP contribution in [0.2, 0.25) is 0 Å². The van der Waals surface area contributed by atoms with Crippen LogP contribution in [0.15, 0.2) is 18.2 Å². The van der Waals surface area contributed by atoms with Crippen molar-refractivity contribution in [3.05, 3.63) is 35.1 Å². The summed E-state index contributed by atoms with van der Waals surface area (Å²) in [7, 11) is 0. The van der Waals surface area contributed by atoms with E-state index in [0.717, 1.165) is 38.4 Å². The van der Waals surface area contributed by atoms with Crippen molar-refractivity contribution in [2.75, 3.05) is 32.9 Å². The highest BCUT2D eigenvalue weighted by atomic mass is 19.1. The molecule has 1 aromatic carbocycles. The summed E-state index contributed by atoms with van der Waals surface area (Å²) < 4.78 is 18.5. The average Bonchev–Trinajstić information content (AvgIpc) is 2.40. The first-order valence-electron chi connectivity index (χ1n) is 5.98. The lowest BCUT2D eigenvalue weighted by Crippen LogP contribution is -2.35. The Balaban J connectivity index is 2.15. The number of halogens is 1. The summed E-state index contributed by atoms with van der Waals surface area (Å²) in [4.78, 5) is 2.25. The van der Waals surface area contributed by atoms with E-state index in [9.17, 15) is 4.39 Å². The number of morpholine rings is 1. The molecule has 96 valence electrons. The topological polar surface area (TPSA) is 32.7 Å². The molecule has 0 amide bonds. The lowest BCUT2D eigenvalue weighted by molar-refractivity contribution is 0.0341. The molecule has 1 aromatic rings. The first-order chi connectivity index (χ1) is 8.79. The van der Waals surface area contributed by atoms with Gasteiger partial charge in [-0.15, -0.1) is 0 Å². The highest BCUT2D eigenvalue weighted by Gasteiger charge is 2.12. The molecule has 0 aliphatic carbocycles. The molecule has 0 spiro atoms. The minimum Gasteiger partial charge on any atom is -0.384 e. The van der Waals surface area contributed by atoms with Gasteiger partial charge in [-0.25, -0.2) is 4.39 Å². The molecule has 1 aliphatic rings. The molecule has 3 nitrogen and oxygen atoms in total. The third-order valence-electron chi connectivity index (χ3n) is 2.87. The normalized spacial score (nSPS) is 16.1. The van der Waals surface area contributed by atoms with Crippen molar-refractivity contribution in [3.8, 4) is 11.8 Å². The quantitative estimate of drug-likeness (QED) is 0.794. The zero-order valence-corrected chi connectivity index (χ0v) is 10.2. The maximum atomic E-state index is 13.2. The maximum absolute atomic E-state index is 13.2. The van der Waals surface area contributed by atoms with Crippen LogP contribution in [-0.2, 0) is 11.3 Å². The number of benzene rings is 1. The Morgan fingerprint density at radius 2 is 2.11 bits per heavy atom. The van der Waals surface area contributed by atoms with E-state index in [0.29, 0.717) is 5.56 Å². The molecule has 0 aromatic heterocycles. The van der Waals surface area contributed by atoms with Gasteiger partial charge in [-0.05, 0) is 17.7 Å². The Morgan fingerprint density at radius 1 is 1.33 bits per heavy atom. The highest BCUT2D eigenvalue weighted by molar-refractivity contribution is 5.41. The van der Waals surface area contributed by atoms with E-state index in [1.165, 1.54) is 12.1 Å². The van der Waals surface area contributed by atoms with Crippen molar-refractivity contribution < 1.29 is 14.2 Å². The third kappa shape index (κ3) is 3.54. The van der Waals surface area contributed by atoms with E-state index in [4.69, 9.17) is 9.84 Å². The van der Waals surface area contributed by atoms with Crippen molar-refractivity contribution in [3.63, 3.8) is 0 Å². The minimum atomic E-state index is -0.303. The molecule has 1 N–H and O–H groups in total. The first-order valence-corrected chi connectivity index (χ1v) is 5.98. The summed E-state index contributed by atoms with van der Waals surface area (Å²) in [6, 6.07) is 4.62. The Labute approximate surface area is 106 Å². The van der Waals surface area contributed by atoms with Crippen LogP contribution in [0.25, 0.3) is 0 Å². The summed E-state index contributed by atoms with van der Waals surface area (Å²) in [5, 5.41) is 8.71. The summed E-state index contributed by atoms with van der Waals surface area (Å²) in [6.07, 6.45) is 0. The Bertz CT molecular complexity index is 459. The number of hydrogen-bond acceptors (Lipinski definition) is 3. The summed E-state index contributed by atoms with van der Waals surface area (Å²) >= 11 is 0. The van der Waals surface area contributed by atoms with E-state index < -0.39 is 0 Å². The van der Waals surface area contributed by atoms with Crippen LogP contribution >= 0.6 is 0 Å². The fourth-order valence-corrected chi connectivity index (χ4v) is 1.94. The van der Waals surface area contributed by atoms with E-state index in [2.05, 4.69) is 16.7 Å². The Morgan fingerprint density at radius 3 is 2.83 bits per heavy atom. The van der Waals surface area contributed by atoms with Crippen LogP contribution in [0.1, 0.15) is 11.1 Å². The highest BCUT2D eigenvalue weighted by Crippen LogP contribution is 2.14. The van der Waals surface area contributed by atoms with E-state index >= 15 is 0 Å². The molecule has 0 atom stereocenters. The smallest absolute Gasteiger partial charge is 0.124 e. The van der Waals surface area contributed by atoms with Crippen molar-refractivity contribution in [1.29, 1.82) is 0 Å². The van der Waals surface area contributed by atoms with Gasteiger partial charge >= 0.3 is 0 Å². The third-order valence-corrected chi connectivity index (χ3v) is 2.87. The number of rotatable bonds is 2. The molecule has 4 heteroatoms. The van der Waals surface area contributed by atoms with Gasteiger partial charge in [-0.1, -0.05) is 17.9 Å². The van der Waals surface area contributed by atoms with Crippen LogP contribution in [-0.4, -0.2) is 42.9 Å². The zero-order chi connectivity index (χ0) is 12.8. The molecular formula is C14H16FNO2. The molecule has 0 saturated carbocycles. The zero-order valence-electron chi connectivity index (χ0n) is 10.2. The number of aliphatic hydroxyl groups excluding tert-OH is 1. The molecule has 18 heavy (non-hydrogen) atoms. The van der Waals surface area contributed by atoms with Gasteiger partial charge in [0.1, 0.15) is 12.4 Å². The molecule has 1 aliphatic heterocycles. The van der Waals surface area contributed by atoms with E-state index in [1.807, 2.05) is 0 Å². The SMILES string of the molecule is OCC#Cc1cc(F)ccc1CN1CCOCC1. The van der Waals surface area contributed by atoms with Gasteiger partial charge in [0.05, 0.1) is 13.2 Å². The lowest BCUT2D eigenvalue weighted by atomic mass is 10.1. The monoisotopic (exact) mass is 249 g/mol. The average molecular weight is 249 g/mol. The van der Waals surface area contributed by atoms with Crippen molar-refractivity contribution in [1.82, 2.24) is 4.90 Å². The number of hydrogen-bond donors (Lipinski definition) is 1. The predicted octanol–water partition coefficient (Wildman–Crippen LogP) is 1.00. The van der Waals surface area contributed by atoms with Gasteiger partial charge in [0, 0.05) is 25.2 Å². The number of aliphatic hydroxyl groups is 1. The molecule has 0 bridgehead atoms. The fraction of sp³-hybridized carbons (Fsp3) is 0.429. The van der Waals surface area contributed by atoms with Crippen molar-refractivity contribution in [2.24, 2.45) is 0 Å². The lowest BCUT2D eigenvalue weighted by Gasteiger charge is -2.26. The van der Waals surface area contributed by atoms with Gasteiger partial charge in [0.25, 0.3) is 0 Å². The molecule has 1 heterocycles. The minimum absolute atomic E-state index is 0.215. The fourth-order valence-electron chi connectivity index (χ4n) is 1.94. The first kappa shape index (κ1) is 13.0.